The Kier molecular flexibility index (Phi) is 6.88. The second-order valence-corrected chi connectivity index (χ2v) is 7.54. The van der Waals surface area contributed by atoms with E-state index in [1.807, 2.05) is 72.6 Å². The van der Waals surface area contributed by atoms with E-state index >= 15 is 0 Å². The Balaban J connectivity index is 1.50. The third kappa shape index (κ3) is 5.23. The first-order valence-electron chi connectivity index (χ1n) is 9.55. The van der Waals surface area contributed by atoms with E-state index in [0.717, 1.165) is 11.1 Å². The van der Waals surface area contributed by atoms with Crippen molar-refractivity contribution in [3.05, 3.63) is 76.8 Å². The van der Waals surface area contributed by atoms with Crippen LogP contribution < -0.4 is 0 Å². The topological polar surface area (TPSA) is 40.6 Å². The molecule has 146 valence electrons. The van der Waals surface area contributed by atoms with Crippen LogP contribution in [0.1, 0.15) is 24.0 Å². The maximum absolute atomic E-state index is 12.8. The van der Waals surface area contributed by atoms with Gasteiger partial charge in [0.2, 0.25) is 11.8 Å². The number of rotatable bonds is 5. The second kappa shape index (κ2) is 9.56. The number of hydrogen-bond donors (Lipinski definition) is 0. The van der Waals surface area contributed by atoms with Gasteiger partial charge in [-0.25, -0.2) is 0 Å². The van der Waals surface area contributed by atoms with Crippen molar-refractivity contribution in [3.63, 3.8) is 0 Å². The zero-order chi connectivity index (χ0) is 19.9. The summed E-state index contributed by atoms with van der Waals surface area (Å²) in [5.41, 5.74) is 1.95. The Labute approximate surface area is 171 Å². The molecule has 0 aromatic heterocycles. The molecule has 1 fully saturated rings. The van der Waals surface area contributed by atoms with Crippen molar-refractivity contribution in [2.24, 2.45) is 5.92 Å². The minimum atomic E-state index is -0.0466. The van der Waals surface area contributed by atoms with Crippen molar-refractivity contribution in [3.8, 4) is 0 Å². The number of carbonyl (C=O) groups is 2. The first kappa shape index (κ1) is 20.2. The lowest BCUT2D eigenvalue weighted by atomic mass is 9.95. The Hall–Kier alpha value is -2.59. The zero-order valence-corrected chi connectivity index (χ0v) is 16.8. The molecule has 1 aliphatic heterocycles. The number of halogens is 1. The Morgan fingerprint density at radius 1 is 1.07 bits per heavy atom. The summed E-state index contributed by atoms with van der Waals surface area (Å²) >= 11 is 6.20. The quantitative estimate of drug-likeness (QED) is 0.709. The van der Waals surface area contributed by atoms with E-state index in [0.29, 0.717) is 37.5 Å². The number of nitrogens with zero attached hydrogens (tertiary/aromatic N) is 2. The van der Waals surface area contributed by atoms with E-state index in [1.54, 1.807) is 11.0 Å². The van der Waals surface area contributed by atoms with Crippen LogP contribution in [0.15, 0.2) is 60.7 Å². The van der Waals surface area contributed by atoms with Crippen molar-refractivity contribution in [1.82, 2.24) is 9.80 Å². The molecule has 5 heteroatoms. The lowest BCUT2D eigenvalue weighted by molar-refractivity contribution is -0.138. The molecule has 1 aliphatic rings. The van der Waals surface area contributed by atoms with Gasteiger partial charge in [0.15, 0.2) is 0 Å². The highest BCUT2D eigenvalue weighted by Gasteiger charge is 2.28. The summed E-state index contributed by atoms with van der Waals surface area (Å²) in [6.07, 6.45) is 4.82. The van der Waals surface area contributed by atoms with Gasteiger partial charge >= 0.3 is 0 Å². The summed E-state index contributed by atoms with van der Waals surface area (Å²) in [5, 5.41) is 0.674. The summed E-state index contributed by atoms with van der Waals surface area (Å²) in [4.78, 5) is 28.7. The molecule has 0 aliphatic carbocycles. The van der Waals surface area contributed by atoms with E-state index in [1.165, 1.54) is 0 Å². The third-order valence-electron chi connectivity index (χ3n) is 5.12. The van der Waals surface area contributed by atoms with Crippen LogP contribution in [-0.4, -0.2) is 41.8 Å². The fourth-order valence-corrected chi connectivity index (χ4v) is 3.65. The molecule has 0 spiro atoms. The van der Waals surface area contributed by atoms with Crippen LogP contribution in [0.4, 0.5) is 0 Å². The van der Waals surface area contributed by atoms with Gasteiger partial charge in [-0.15, -0.1) is 0 Å². The Morgan fingerprint density at radius 3 is 2.39 bits per heavy atom. The van der Waals surface area contributed by atoms with Gasteiger partial charge in [0, 0.05) is 43.7 Å². The summed E-state index contributed by atoms with van der Waals surface area (Å²) in [6, 6.07) is 17.3. The van der Waals surface area contributed by atoms with Crippen molar-refractivity contribution in [1.29, 1.82) is 0 Å². The van der Waals surface area contributed by atoms with Gasteiger partial charge in [-0.3, -0.25) is 9.59 Å². The molecule has 2 aromatic rings. The molecule has 0 bridgehead atoms. The minimum absolute atomic E-state index is 0.000765. The smallest absolute Gasteiger partial charge is 0.246 e. The van der Waals surface area contributed by atoms with E-state index in [2.05, 4.69) is 0 Å². The Morgan fingerprint density at radius 2 is 1.71 bits per heavy atom. The molecule has 0 N–H and O–H groups in total. The summed E-state index contributed by atoms with van der Waals surface area (Å²) in [7, 11) is 1.81. The van der Waals surface area contributed by atoms with Crippen molar-refractivity contribution >= 4 is 29.5 Å². The number of hydrogen-bond acceptors (Lipinski definition) is 2. The molecule has 0 saturated carbocycles. The molecule has 4 nitrogen and oxygen atoms in total. The van der Waals surface area contributed by atoms with Crippen LogP contribution in [0.2, 0.25) is 5.02 Å². The van der Waals surface area contributed by atoms with Gasteiger partial charge in [-0.2, -0.15) is 0 Å². The van der Waals surface area contributed by atoms with E-state index in [9.17, 15) is 9.59 Å². The van der Waals surface area contributed by atoms with Crippen LogP contribution in [-0.2, 0) is 16.1 Å². The van der Waals surface area contributed by atoms with Crippen LogP contribution in [0.5, 0.6) is 0 Å². The second-order valence-electron chi connectivity index (χ2n) is 7.13. The summed E-state index contributed by atoms with van der Waals surface area (Å²) < 4.78 is 0. The van der Waals surface area contributed by atoms with Gasteiger partial charge < -0.3 is 9.80 Å². The molecule has 0 radical (unpaired) electrons. The first-order valence-corrected chi connectivity index (χ1v) is 9.93. The number of benzene rings is 2. The maximum atomic E-state index is 12.8. The SMILES string of the molecule is CN(Cc1ccccc1Cl)C(=O)C1CCN(C(=O)C=Cc2ccccc2)CC1. The fourth-order valence-electron chi connectivity index (χ4n) is 3.46. The van der Waals surface area contributed by atoms with Gasteiger partial charge in [-0.05, 0) is 36.1 Å². The highest BCUT2D eigenvalue weighted by molar-refractivity contribution is 6.31. The predicted molar refractivity (Wildman–Crippen MR) is 113 cm³/mol. The minimum Gasteiger partial charge on any atom is -0.341 e. The number of carbonyl (C=O) groups excluding carboxylic acids is 2. The van der Waals surface area contributed by atoms with Crippen LogP contribution in [0, 0.1) is 5.92 Å². The molecule has 28 heavy (non-hydrogen) atoms. The van der Waals surface area contributed by atoms with Crippen LogP contribution >= 0.6 is 11.6 Å². The molecule has 2 aromatic carbocycles. The van der Waals surface area contributed by atoms with Crippen LogP contribution in [0.25, 0.3) is 6.08 Å². The van der Waals surface area contributed by atoms with Crippen molar-refractivity contribution < 1.29 is 9.59 Å². The van der Waals surface area contributed by atoms with Gasteiger partial charge in [0.25, 0.3) is 0 Å². The standard InChI is InChI=1S/C23H25ClN2O2/c1-25(17-20-9-5-6-10-21(20)24)23(28)19-13-15-26(16-14-19)22(27)12-11-18-7-3-2-4-8-18/h2-12,19H,13-17H2,1H3. The summed E-state index contributed by atoms with van der Waals surface area (Å²) in [5.74, 6) is 0.0701. The molecule has 1 heterocycles. The average molecular weight is 397 g/mol. The predicted octanol–water partition coefficient (Wildman–Crippen LogP) is 4.25. The lowest BCUT2D eigenvalue weighted by Gasteiger charge is -2.32. The Bertz CT molecular complexity index is 843. The molecule has 2 amide bonds. The van der Waals surface area contributed by atoms with E-state index < -0.39 is 0 Å². The van der Waals surface area contributed by atoms with Gasteiger partial charge in [0.1, 0.15) is 0 Å². The van der Waals surface area contributed by atoms with Crippen LogP contribution in [0.3, 0.4) is 0 Å². The average Bonchev–Trinajstić information content (AvgIpc) is 2.74. The highest BCUT2D eigenvalue weighted by Crippen LogP contribution is 2.22. The fraction of sp³-hybridized carbons (Fsp3) is 0.304. The van der Waals surface area contributed by atoms with Gasteiger partial charge in [0.05, 0.1) is 0 Å². The number of piperidine rings is 1. The van der Waals surface area contributed by atoms with E-state index in [-0.39, 0.29) is 17.7 Å². The van der Waals surface area contributed by atoms with Crippen molar-refractivity contribution in [2.45, 2.75) is 19.4 Å². The van der Waals surface area contributed by atoms with E-state index in [4.69, 9.17) is 11.6 Å². The lowest BCUT2D eigenvalue weighted by Crippen LogP contribution is -2.42. The first-order chi connectivity index (χ1) is 13.5. The molecule has 1 saturated heterocycles. The normalized spacial score (nSPS) is 15.0. The third-order valence-corrected chi connectivity index (χ3v) is 5.48. The molecule has 0 atom stereocenters. The molecule has 3 rings (SSSR count). The number of amides is 2. The molecular weight excluding hydrogens is 372 g/mol. The summed E-state index contributed by atoms with van der Waals surface area (Å²) in [6.45, 7) is 1.71. The molecular formula is C23H25ClN2O2. The maximum Gasteiger partial charge on any atom is 0.246 e. The molecule has 0 unspecified atom stereocenters. The van der Waals surface area contributed by atoms with Crippen molar-refractivity contribution in [2.75, 3.05) is 20.1 Å². The number of likely N-dealkylation sites (tertiary alicyclic amines) is 1. The highest BCUT2D eigenvalue weighted by atomic mass is 35.5. The largest absolute Gasteiger partial charge is 0.341 e. The monoisotopic (exact) mass is 396 g/mol. The zero-order valence-electron chi connectivity index (χ0n) is 16.1. The van der Waals surface area contributed by atoms with Gasteiger partial charge in [-0.1, -0.05) is 60.1 Å².